The zero-order chi connectivity index (χ0) is 19.2. The van der Waals surface area contributed by atoms with Gasteiger partial charge >= 0.3 is 5.97 Å². The third-order valence-electron chi connectivity index (χ3n) is 3.81. The molecule has 27 heavy (non-hydrogen) atoms. The summed E-state index contributed by atoms with van der Waals surface area (Å²) < 4.78 is 15.5. The number of nitrogens with zero attached hydrogens (tertiary/aromatic N) is 1. The van der Waals surface area contributed by atoms with Crippen LogP contribution in [-0.4, -0.2) is 29.1 Å². The maximum absolute atomic E-state index is 11.0. The van der Waals surface area contributed by atoms with Crippen molar-refractivity contribution in [3.8, 4) is 17.2 Å². The van der Waals surface area contributed by atoms with Gasteiger partial charge in [0.2, 0.25) is 0 Å². The normalized spacial score (nSPS) is 11.6. The van der Waals surface area contributed by atoms with Crippen LogP contribution in [0.3, 0.4) is 0 Å². The van der Waals surface area contributed by atoms with Crippen LogP contribution in [0.5, 0.6) is 17.2 Å². The minimum atomic E-state index is -1.00. The average Bonchev–Trinajstić information content (AvgIpc) is 2.66. The van der Waals surface area contributed by atoms with Gasteiger partial charge < -0.3 is 19.3 Å². The number of carbonyl (C=O) groups excluding carboxylic acids is 2. The second-order valence-electron chi connectivity index (χ2n) is 5.68. The fraction of sp³-hybridized carbons (Fsp3) is 0.150. The number of hydrogen-bond donors (Lipinski definition) is 1. The smallest absolute Gasteiger partial charge is 0.302 e. The van der Waals surface area contributed by atoms with Crippen molar-refractivity contribution in [2.75, 3.05) is 6.61 Å². The summed E-state index contributed by atoms with van der Waals surface area (Å²) in [5, 5.41) is 11.7. The highest BCUT2D eigenvalue weighted by Crippen LogP contribution is 2.34. The molecule has 0 amide bonds. The van der Waals surface area contributed by atoms with Crippen molar-refractivity contribution < 1.29 is 28.9 Å². The molecule has 0 spiro atoms. The van der Waals surface area contributed by atoms with Crippen LogP contribution in [-0.2, 0) is 19.1 Å². The molecule has 1 N–H and O–H groups in total. The lowest BCUT2D eigenvalue weighted by atomic mass is 10.1. The lowest BCUT2D eigenvalue weighted by Gasteiger charge is -2.16. The molecule has 0 bridgehead atoms. The molecule has 0 radical (unpaired) electrons. The van der Waals surface area contributed by atoms with Gasteiger partial charge in [-0.3, -0.25) is 14.6 Å². The van der Waals surface area contributed by atoms with Crippen LogP contribution in [0.4, 0.5) is 0 Å². The number of ether oxygens (including phenoxy) is 3. The van der Waals surface area contributed by atoms with E-state index in [-0.39, 0.29) is 24.5 Å². The molecule has 138 valence electrons. The predicted molar refractivity (Wildman–Crippen MR) is 96.4 cm³/mol. The Bertz CT molecular complexity index is 957. The first-order chi connectivity index (χ1) is 13.1. The van der Waals surface area contributed by atoms with Gasteiger partial charge in [0.25, 0.3) is 6.47 Å². The summed E-state index contributed by atoms with van der Waals surface area (Å²) >= 11 is 0. The van der Waals surface area contributed by atoms with Crippen LogP contribution in [0.25, 0.3) is 10.8 Å². The van der Waals surface area contributed by atoms with Gasteiger partial charge in [-0.05, 0) is 30.3 Å². The standard InChI is InChI=1S/C20H17NO6/c1-13(23)25-11-18(26-12-22)19-20(24)17-8-7-16(9-14(17)10-21-19)27-15-5-3-2-4-6-15/h2-10,12,18,24H,11H2,1H3. The first kappa shape index (κ1) is 18.2. The highest BCUT2D eigenvalue weighted by molar-refractivity contribution is 5.89. The Morgan fingerprint density at radius 1 is 1.19 bits per heavy atom. The molecule has 1 unspecified atom stereocenters. The summed E-state index contributed by atoms with van der Waals surface area (Å²) in [6.45, 7) is 1.21. The van der Waals surface area contributed by atoms with E-state index in [1.165, 1.54) is 13.1 Å². The maximum atomic E-state index is 11.0. The van der Waals surface area contributed by atoms with Crippen LogP contribution in [0, 0.1) is 0 Å². The topological polar surface area (TPSA) is 95.0 Å². The molecule has 1 aromatic heterocycles. The van der Waals surface area contributed by atoms with Gasteiger partial charge in [0, 0.05) is 23.9 Å². The zero-order valence-corrected chi connectivity index (χ0v) is 14.5. The SMILES string of the molecule is CC(=O)OCC(OC=O)c1ncc2cc(Oc3ccccc3)ccc2c1O. The number of benzene rings is 2. The Morgan fingerprint density at radius 3 is 2.67 bits per heavy atom. The molecule has 0 saturated heterocycles. The number of aromatic nitrogens is 1. The summed E-state index contributed by atoms with van der Waals surface area (Å²) in [4.78, 5) is 25.9. The molecule has 1 heterocycles. The molecule has 0 aliphatic carbocycles. The van der Waals surface area contributed by atoms with E-state index in [0.29, 0.717) is 22.3 Å². The van der Waals surface area contributed by atoms with Gasteiger partial charge in [0.15, 0.2) is 6.10 Å². The Kier molecular flexibility index (Phi) is 5.51. The average molecular weight is 367 g/mol. The van der Waals surface area contributed by atoms with E-state index in [1.54, 1.807) is 18.2 Å². The number of esters is 1. The molecule has 0 saturated carbocycles. The number of carbonyl (C=O) groups is 2. The van der Waals surface area contributed by atoms with Crippen molar-refractivity contribution in [2.24, 2.45) is 0 Å². The minimum absolute atomic E-state index is 0.104. The summed E-state index contributed by atoms with van der Waals surface area (Å²) in [6, 6.07) is 14.4. The van der Waals surface area contributed by atoms with E-state index in [1.807, 2.05) is 30.3 Å². The van der Waals surface area contributed by atoms with Crippen molar-refractivity contribution in [1.82, 2.24) is 4.98 Å². The number of pyridine rings is 1. The van der Waals surface area contributed by atoms with Crippen LogP contribution >= 0.6 is 0 Å². The molecule has 0 aliphatic heterocycles. The van der Waals surface area contributed by atoms with E-state index in [4.69, 9.17) is 14.2 Å². The Hall–Kier alpha value is -3.61. The lowest BCUT2D eigenvalue weighted by Crippen LogP contribution is -2.15. The van der Waals surface area contributed by atoms with E-state index in [0.717, 1.165) is 0 Å². The molecular weight excluding hydrogens is 350 g/mol. The minimum Gasteiger partial charge on any atom is -0.505 e. The fourth-order valence-electron chi connectivity index (χ4n) is 2.57. The van der Waals surface area contributed by atoms with Gasteiger partial charge in [-0.15, -0.1) is 0 Å². The van der Waals surface area contributed by atoms with Gasteiger partial charge in [-0.1, -0.05) is 18.2 Å². The molecule has 0 aliphatic rings. The molecule has 3 aromatic rings. The van der Waals surface area contributed by atoms with Gasteiger partial charge in [0.05, 0.1) is 0 Å². The third-order valence-corrected chi connectivity index (χ3v) is 3.81. The van der Waals surface area contributed by atoms with Crippen LogP contribution in [0.2, 0.25) is 0 Å². The summed E-state index contributed by atoms with van der Waals surface area (Å²) in [5.74, 6) is 0.588. The zero-order valence-electron chi connectivity index (χ0n) is 14.5. The molecule has 7 heteroatoms. The Labute approximate surface area is 155 Å². The van der Waals surface area contributed by atoms with Crippen molar-refractivity contribution in [3.63, 3.8) is 0 Å². The number of para-hydroxylation sites is 1. The second-order valence-corrected chi connectivity index (χ2v) is 5.68. The van der Waals surface area contributed by atoms with E-state index < -0.39 is 12.1 Å². The first-order valence-electron chi connectivity index (χ1n) is 8.15. The summed E-state index contributed by atoms with van der Waals surface area (Å²) in [6.07, 6.45) is 0.521. The van der Waals surface area contributed by atoms with Gasteiger partial charge in [-0.2, -0.15) is 0 Å². The van der Waals surface area contributed by atoms with Crippen molar-refractivity contribution in [3.05, 3.63) is 60.4 Å². The summed E-state index contributed by atoms with van der Waals surface area (Å²) in [5.41, 5.74) is 0.104. The maximum Gasteiger partial charge on any atom is 0.302 e. The number of fused-ring (bicyclic) bond motifs is 1. The van der Waals surface area contributed by atoms with Gasteiger partial charge in [0.1, 0.15) is 29.5 Å². The molecule has 0 fully saturated rings. The summed E-state index contributed by atoms with van der Waals surface area (Å²) in [7, 11) is 0. The molecule has 2 aromatic carbocycles. The largest absolute Gasteiger partial charge is 0.505 e. The number of hydrogen-bond acceptors (Lipinski definition) is 7. The van der Waals surface area contributed by atoms with Gasteiger partial charge in [-0.25, -0.2) is 0 Å². The molecule has 7 nitrogen and oxygen atoms in total. The number of rotatable bonds is 7. The van der Waals surface area contributed by atoms with E-state index >= 15 is 0 Å². The quantitative estimate of drug-likeness (QED) is 0.504. The fourth-order valence-corrected chi connectivity index (χ4v) is 2.57. The van der Waals surface area contributed by atoms with Crippen LogP contribution in [0.1, 0.15) is 18.7 Å². The Balaban J connectivity index is 1.91. The highest BCUT2D eigenvalue weighted by Gasteiger charge is 2.22. The van der Waals surface area contributed by atoms with E-state index in [2.05, 4.69) is 4.98 Å². The van der Waals surface area contributed by atoms with Crippen molar-refractivity contribution in [2.45, 2.75) is 13.0 Å². The van der Waals surface area contributed by atoms with Crippen LogP contribution < -0.4 is 4.74 Å². The lowest BCUT2D eigenvalue weighted by molar-refractivity contribution is -0.150. The third kappa shape index (κ3) is 4.33. The van der Waals surface area contributed by atoms with E-state index in [9.17, 15) is 14.7 Å². The van der Waals surface area contributed by atoms with Crippen molar-refractivity contribution >= 4 is 23.2 Å². The molecular formula is C20H17NO6. The monoisotopic (exact) mass is 367 g/mol. The number of aromatic hydroxyl groups is 1. The van der Waals surface area contributed by atoms with Crippen molar-refractivity contribution in [1.29, 1.82) is 0 Å². The Morgan fingerprint density at radius 2 is 1.96 bits per heavy atom. The predicted octanol–water partition coefficient (Wildman–Crippen LogP) is 3.51. The highest BCUT2D eigenvalue weighted by atomic mass is 16.6. The second kappa shape index (κ2) is 8.18. The van der Waals surface area contributed by atoms with Crippen LogP contribution in [0.15, 0.2) is 54.7 Å². The molecule has 1 atom stereocenters. The first-order valence-corrected chi connectivity index (χ1v) is 8.15. The molecule has 3 rings (SSSR count).